The van der Waals surface area contributed by atoms with Gasteiger partial charge in [-0.15, -0.1) is 0 Å². The highest BCUT2D eigenvalue weighted by atomic mass is 16.7. The summed E-state index contributed by atoms with van der Waals surface area (Å²) in [5.41, 5.74) is 4.03. The van der Waals surface area contributed by atoms with Crippen molar-refractivity contribution < 1.29 is 23.7 Å². The number of morpholine rings is 1. The molecule has 40 heavy (non-hydrogen) atoms. The number of aromatic nitrogens is 4. The molecular weight excluding hydrogens is 512 g/mol. The third-order valence-corrected chi connectivity index (χ3v) is 7.42. The second kappa shape index (κ2) is 11.6. The van der Waals surface area contributed by atoms with E-state index in [4.69, 9.17) is 33.7 Å². The van der Waals surface area contributed by atoms with E-state index in [1.54, 1.807) is 21.3 Å². The van der Waals surface area contributed by atoms with Crippen molar-refractivity contribution in [2.24, 2.45) is 0 Å². The third kappa shape index (κ3) is 5.22. The van der Waals surface area contributed by atoms with Crippen LogP contribution in [0.15, 0.2) is 42.5 Å². The number of hydrogen-bond acceptors (Lipinski definition) is 10. The van der Waals surface area contributed by atoms with Gasteiger partial charge < -0.3 is 33.9 Å². The van der Waals surface area contributed by atoms with Crippen LogP contribution in [0.3, 0.4) is 0 Å². The molecule has 2 aliphatic rings. The van der Waals surface area contributed by atoms with E-state index in [9.17, 15) is 0 Å². The van der Waals surface area contributed by atoms with Crippen molar-refractivity contribution in [3.63, 3.8) is 0 Å². The molecule has 2 aromatic heterocycles. The number of nitrogens with one attached hydrogen (secondary N) is 2. The molecule has 0 amide bonds. The minimum Gasteiger partial charge on any atom is -0.493 e. The Balaban J connectivity index is 1.38. The summed E-state index contributed by atoms with van der Waals surface area (Å²) < 4.78 is 28.6. The van der Waals surface area contributed by atoms with Crippen molar-refractivity contribution >= 4 is 28.4 Å². The Morgan fingerprint density at radius 3 is 2.62 bits per heavy atom. The van der Waals surface area contributed by atoms with E-state index >= 15 is 0 Å². The molecule has 2 N–H and O–H groups in total. The quantitative estimate of drug-likeness (QED) is 0.300. The molecule has 1 aliphatic heterocycles. The standard InChI is InChI=1S/C29H34N6O5/c1-36-22-13-12-18(16-23(22)37-2)26-25-27(34-33-26)31-29(32-28(25)40-19-8-4-5-9-19)30-20-10-6-7-11-21(20)35-14-15-39-24(17-35)38-3/h6-7,10-13,16,19,24H,4-5,8-9,14-15,17H2,1-3H3,(H2,30,31,32,33,34). The Labute approximate surface area is 232 Å². The summed E-state index contributed by atoms with van der Waals surface area (Å²) in [5.74, 6) is 2.18. The number of benzene rings is 2. The Morgan fingerprint density at radius 1 is 1.00 bits per heavy atom. The lowest BCUT2D eigenvalue weighted by Gasteiger charge is -2.34. The van der Waals surface area contributed by atoms with E-state index in [0.717, 1.165) is 60.2 Å². The van der Waals surface area contributed by atoms with E-state index in [-0.39, 0.29) is 12.4 Å². The minimum absolute atomic E-state index is 0.103. The summed E-state index contributed by atoms with van der Waals surface area (Å²) in [6.07, 6.45) is 4.11. The van der Waals surface area contributed by atoms with E-state index < -0.39 is 0 Å². The number of ether oxygens (including phenoxy) is 5. The molecule has 0 radical (unpaired) electrons. The lowest BCUT2D eigenvalue weighted by Crippen LogP contribution is -2.43. The lowest BCUT2D eigenvalue weighted by molar-refractivity contribution is -0.128. The maximum absolute atomic E-state index is 6.51. The average molecular weight is 547 g/mol. The van der Waals surface area contributed by atoms with Gasteiger partial charge >= 0.3 is 0 Å². The molecule has 0 bridgehead atoms. The fraction of sp³-hybridized carbons (Fsp3) is 0.414. The van der Waals surface area contributed by atoms with Crippen molar-refractivity contribution in [1.82, 2.24) is 20.2 Å². The van der Waals surface area contributed by atoms with Crippen molar-refractivity contribution in [2.75, 3.05) is 51.2 Å². The molecule has 4 aromatic rings. The van der Waals surface area contributed by atoms with Crippen LogP contribution in [0.25, 0.3) is 22.3 Å². The number of nitrogens with zero attached hydrogens (tertiary/aromatic N) is 4. The predicted molar refractivity (Wildman–Crippen MR) is 152 cm³/mol. The van der Waals surface area contributed by atoms with Crippen molar-refractivity contribution in [3.05, 3.63) is 42.5 Å². The molecule has 11 heteroatoms. The Bertz CT molecular complexity index is 1470. The molecule has 11 nitrogen and oxygen atoms in total. The molecule has 210 valence electrons. The van der Waals surface area contributed by atoms with Crippen LogP contribution in [0.4, 0.5) is 17.3 Å². The zero-order valence-corrected chi connectivity index (χ0v) is 23.0. The third-order valence-electron chi connectivity index (χ3n) is 7.42. The number of para-hydroxylation sites is 2. The van der Waals surface area contributed by atoms with Gasteiger partial charge in [-0.05, 0) is 56.0 Å². The maximum atomic E-state index is 6.51. The topological polar surface area (TPSA) is 116 Å². The molecular formula is C29H34N6O5. The van der Waals surface area contributed by atoms with Gasteiger partial charge in [0, 0.05) is 19.2 Å². The van der Waals surface area contributed by atoms with Crippen LogP contribution in [0, 0.1) is 0 Å². The minimum atomic E-state index is -0.278. The van der Waals surface area contributed by atoms with Crippen molar-refractivity contribution in [2.45, 2.75) is 38.1 Å². The van der Waals surface area contributed by atoms with Gasteiger partial charge in [0.1, 0.15) is 11.5 Å². The number of hydrogen-bond donors (Lipinski definition) is 2. The van der Waals surface area contributed by atoms with Crippen LogP contribution in [0.5, 0.6) is 17.4 Å². The number of fused-ring (bicyclic) bond motifs is 1. The molecule has 3 heterocycles. The largest absolute Gasteiger partial charge is 0.493 e. The normalized spacial score (nSPS) is 17.8. The molecule has 2 fully saturated rings. The van der Waals surface area contributed by atoms with E-state index in [1.807, 2.05) is 36.4 Å². The zero-order valence-electron chi connectivity index (χ0n) is 23.0. The van der Waals surface area contributed by atoms with E-state index in [2.05, 4.69) is 26.5 Å². The number of methoxy groups -OCH3 is 3. The zero-order chi connectivity index (χ0) is 27.5. The van der Waals surface area contributed by atoms with Gasteiger partial charge in [0.25, 0.3) is 0 Å². The van der Waals surface area contributed by atoms with Crippen LogP contribution < -0.4 is 24.4 Å². The predicted octanol–water partition coefficient (Wildman–Crippen LogP) is 4.91. The van der Waals surface area contributed by atoms with Gasteiger partial charge in [-0.3, -0.25) is 5.10 Å². The maximum Gasteiger partial charge on any atom is 0.232 e. The first kappa shape index (κ1) is 26.1. The Morgan fingerprint density at radius 2 is 1.82 bits per heavy atom. The summed E-state index contributed by atoms with van der Waals surface area (Å²) in [7, 11) is 4.89. The SMILES string of the molecule is COc1ccc(-c2[nH]nc3nc(Nc4ccccc4N4CCOC(OC)C4)nc(OC4CCCC4)c23)cc1OC. The summed E-state index contributed by atoms with van der Waals surface area (Å²) >= 11 is 0. The number of rotatable bonds is 9. The fourth-order valence-corrected chi connectivity index (χ4v) is 5.35. The molecule has 1 atom stereocenters. The smallest absolute Gasteiger partial charge is 0.232 e. The first-order valence-corrected chi connectivity index (χ1v) is 13.6. The second-order valence-electron chi connectivity index (χ2n) is 9.87. The number of H-pyrrole nitrogens is 1. The molecule has 2 aromatic carbocycles. The van der Waals surface area contributed by atoms with Gasteiger partial charge in [-0.2, -0.15) is 15.1 Å². The summed E-state index contributed by atoms with van der Waals surface area (Å²) in [5, 5.41) is 11.9. The first-order chi connectivity index (χ1) is 19.7. The average Bonchev–Trinajstić information content (AvgIpc) is 3.67. The highest BCUT2D eigenvalue weighted by molar-refractivity contribution is 5.95. The van der Waals surface area contributed by atoms with Gasteiger partial charge in [0.2, 0.25) is 11.8 Å². The molecule has 1 saturated heterocycles. The monoisotopic (exact) mass is 546 g/mol. The van der Waals surface area contributed by atoms with Crippen LogP contribution in [-0.2, 0) is 9.47 Å². The van der Waals surface area contributed by atoms with Gasteiger partial charge in [-0.1, -0.05) is 12.1 Å². The van der Waals surface area contributed by atoms with Crippen LogP contribution in [0.2, 0.25) is 0 Å². The van der Waals surface area contributed by atoms with Crippen LogP contribution in [0.1, 0.15) is 25.7 Å². The first-order valence-electron chi connectivity index (χ1n) is 13.6. The van der Waals surface area contributed by atoms with Crippen molar-refractivity contribution in [1.29, 1.82) is 0 Å². The van der Waals surface area contributed by atoms with Gasteiger partial charge in [-0.25, -0.2) is 0 Å². The number of anilines is 3. The second-order valence-corrected chi connectivity index (χ2v) is 9.87. The Hall–Kier alpha value is -4.09. The lowest BCUT2D eigenvalue weighted by atomic mass is 10.1. The van der Waals surface area contributed by atoms with E-state index in [1.165, 1.54) is 0 Å². The van der Waals surface area contributed by atoms with Gasteiger partial charge in [0.15, 0.2) is 23.4 Å². The summed E-state index contributed by atoms with van der Waals surface area (Å²) in [6, 6.07) is 13.8. The van der Waals surface area contributed by atoms with Crippen LogP contribution >= 0.6 is 0 Å². The van der Waals surface area contributed by atoms with Crippen molar-refractivity contribution in [3.8, 4) is 28.6 Å². The molecule has 1 aliphatic carbocycles. The molecule has 1 saturated carbocycles. The van der Waals surface area contributed by atoms with Gasteiger partial charge in [0.05, 0.1) is 44.4 Å². The highest BCUT2D eigenvalue weighted by Gasteiger charge is 2.25. The Kier molecular flexibility index (Phi) is 7.56. The molecule has 1 unspecified atom stereocenters. The molecule has 0 spiro atoms. The van der Waals surface area contributed by atoms with E-state index in [0.29, 0.717) is 42.1 Å². The summed E-state index contributed by atoms with van der Waals surface area (Å²) in [4.78, 5) is 11.9. The highest BCUT2D eigenvalue weighted by Crippen LogP contribution is 2.39. The molecule has 6 rings (SSSR count). The fourth-order valence-electron chi connectivity index (χ4n) is 5.35. The number of aromatic amines is 1. The van der Waals surface area contributed by atoms with Crippen LogP contribution in [-0.4, -0.2) is 73.6 Å². The summed E-state index contributed by atoms with van der Waals surface area (Å²) in [6.45, 7) is 1.96.